The van der Waals surface area contributed by atoms with Crippen molar-refractivity contribution in [2.24, 2.45) is 0 Å². The molecule has 0 radical (unpaired) electrons. The average molecular weight is 574 g/mol. The fourth-order valence-electron chi connectivity index (χ4n) is 5.48. The summed E-state index contributed by atoms with van der Waals surface area (Å²) < 4.78 is 2.08. The Balaban J connectivity index is 1.31. The second-order valence-corrected chi connectivity index (χ2v) is 10.9. The zero-order chi connectivity index (χ0) is 30.1. The highest BCUT2D eigenvalue weighted by Gasteiger charge is 2.25. The molecule has 0 N–H and O–H groups in total. The normalized spacial score (nSPS) is 13.8. The van der Waals surface area contributed by atoms with Crippen LogP contribution < -0.4 is 0 Å². The van der Waals surface area contributed by atoms with Gasteiger partial charge in [0.05, 0.1) is 16.3 Å². The molecule has 0 saturated carbocycles. The van der Waals surface area contributed by atoms with Gasteiger partial charge in [-0.25, -0.2) is 4.98 Å². The van der Waals surface area contributed by atoms with Crippen molar-refractivity contribution in [2.75, 3.05) is 26.2 Å². The van der Waals surface area contributed by atoms with Crippen LogP contribution in [0.15, 0.2) is 91.1 Å². The van der Waals surface area contributed by atoms with Gasteiger partial charge >= 0.3 is 0 Å². The third-order valence-corrected chi connectivity index (χ3v) is 8.03. The predicted molar refractivity (Wildman–Crippen MR) is 165 cm³/mol. The summed E-state index contributed by atoms with van der Waals surface area (Å²) in [4.78, 5) is 44.9. The van der Waals surface area contributed by atoms with Crippen LogP contribution in [0.4, 0.5) is 5.69 Å². The number of piperazine rings is 1. The topological polar surface area (TPSA) is 101 Å². The van der Waals surface area contributed by atoms with Gasteiger partial charge in [0.1, 0.15) is 5.65 Å². The molecule has 2 aromatic heterocycles. The van der Waals surface area contributed by atoms with Crippen molar-refractivity contribution in [1.82, 2.24) is 19.2 Å². The monoisotopic (exact) mass is 573 g/mol. The molecule has 43 heavy (non-hydrogen) atoms. The van der Waals surface area contributed by atoms with E-state index in [1.807, 2.05) is 78.7 Å². The molecule has 3 aromatic carbocycles. The van der Waals surface area contributed by atoms with Crippen LogP contribution >= 0.6 is 0 Å². The summed E-state index contributed by atoms with van der Waals surface area (Å²) >= 11 is 0. The molecule has 1 saturated heterocycles. The first-order chi connectivity index (χ1) is 20.8. The highest BCUT2D eigenvalue weighted by Crippen LogP contribution is 2.30. The average Bonchev–Trinajstić information content (AvgIpc) is 3.39. The first kappa shape index (κ1) is 28.0. The fraction of sp³-hybridized carbons (Fsp3) is 0.206. The molecule has 3 heterocycles. The molecule has 1 aliphatic rings. The lowest BCUT2D eigenvalue weighted by Gasteiger charge is -2.34. The van der Waals surface area contributed by atoms with E-state index in [0.717, 1.165) is 39.3 Å². The number of carbonyl (C=O) groups is 2. The molecule has 1 aliphatic heterocycles. The quantitative estimate of drug-likeness (QED) is 0.134. The summed E-state index contributed by atoms with van der Waals surface area (Å²) in [5, 5.41) is 11.3. The molecule has 0 spiro atoms. The maximum Gasteiger partial charge on any atom is 0.269 e. The van der Waals surface area contributed by atoms with Crippen molar-refractivity contribution >= 4 is 23.0 Å². The second kappa shape index (κ2) is 11.6. The fourth-order valence-corrected chi connectivity index (χ4v) is 5.48. The number of aryl methyl sites for hydroxylation is 1. The number of carbonyl (C=O) groups excluding carboxylic acids is 2. The van der Waals surface area contributed by atoms with Crippen LogP contribution in [0.2, 0.25) is 0 Å². The highest BCUT2D eigenvalue weighted by atomic mass is 16.6. The number of hydrogen-bond acceptors (Lipinski definition) is 6. The number of nitro benzene ring substituents is 1. The Morgan fingerprint density at radius 2 is 1.40 bits per heavy atom. The number of nitro groups is 1. The van der Waals surface area contributed by atoms with Crippen molar-refractivity contribution in [3.63, 3.8) is 0 Å². The van der Waals surface area contributed by atoms with Crippen molar-refractivity contribution in [3.05, 3.63) is 124 Å². The molecule has 0 unspecified atom stereocenters. The SMILES string of the molecule is CC(=O)c1ccc(-c2ccc3nc(-c4ccc([N+](=O)[O-])cc4)c(CN4CCN(C(=O)c5ccc(C)cc5)CC4)n3c2)cc1. The molecule has 9 nitrogen and oxygen atoms in total. The van der Waals surface area contributed by atoms with Crippen molar-refractivity contribution in [1.29, 1.82) is 0 Å². The smallest absolute Gasteiger partial charge is 0.269 e. The molecule has 0 atom stereocenters. The number of nitrogens with zero attached hydrogens (tertiary/aromatic N) is 5. The highest BCUT2D eigenvalue weighted by molar-refractivity contribution is 5.95. The van der Waals surface area contributed by atoms with E-state index in [-0.39, 0.29) is 17.4 Å². The minimum absolute atomic E-state index is 0.0206. The van der Waals surface area contributed by atoms with Gasteiger partial charge in [0.2, 0.25) is 0 Å². The minimum Gasteiger partial charge on any atom is -0.336 e. The Hall–Kier alpha value is -5.15. The molecule has 0 aliphatic carbocycles. The lowest BCUT2D eigenvalue weighted by molar-refractivity contribution is -0.384. The number of ketones is 1. The summed E-state index contributed by atoms with van der Waals surface area (Å²) in [6.07, 6.45) is 2.05. The first-order valence-corrected chi connectivity index (χ1v) is 14.2. The van der Waals surface area contributed by atoms with Crippen LogP contribution in [0.5, 0.6) is 0 Å². The molecule has 1 amide bonds. The molecule has 216 valence electrons. The predicted octanol–water partition coefficient (Wildman–Crippen LogP) is 6.05. The van der Waals surface area contributed by atoms with Gasteiger partial charge in [-0.15, -0.1) is 0 Å². The Labute approximate surface area is 249 Å². The number of rotatable bonds is 7. The van der Waals surface area contributed by atoms with E-state index in [0.29, 0.717) is 43.9 Å². The Morgan fingerprint density at radius 3 is 2.02 bits per heavy atom. The lowest BCUT2D eigenvalue weighted by Crippen LogP contribution is -2.48. The summed E-state index contributed by atoms with van der Waals surface area (Å²) in [7, 11) is 0. The molecule has 5 aromatic rings. The van der Waals surface area contributed by atoms with Gasteiger partial charge in [-0.3, -0.25) is 24.6 Å². The van der Waals surface area contributed by atoms with Crippen molar-refractivity contribution in [3.8, 4) is 22.4 Å². The molecular weight excluding hydrogens is 542 g/mol. The van der Waals surface area contributed by atoms with Gasteiger partial charge in [0.15, 0.2) is 5.78 Å². The maximum absolute atomic E-state index is 13.1. The first-order valence-electron chi connectivity index (χ1n) is 14.2. The summed E-state index contributed by atoms with van der Waals surface area (Å²) in [5.41, 5.74) is 7.75. The van der Waals surface area contributed by atoms with E-state index in [1.165, 1.54) is 12.1 Å². The van der Waals surface area contributed by atoms with E-state index < -0.39 is 4.92 Å². The Morgan fingerprint density at radius 1 is 0.791 bits per heavy atom. The molecule has 1 fully saturated rings. The summed E-state index contributed by atoms with van der Waals surface area (Å²) in [6.45, 7) is 6.79. The van der Waals surface area contributed by atoms with Crippen LogP contribution in [0.1, 0.15) is 38.9 Å². The number of fused-ring (bicyclic) bond motifs is 1. The van der Waals surface area contributed by atoms with E-state index >= 15 is 0 Å². The van der Waals surface area contributed by atoms with Gasteiger partial charge in [-0.1, -0.05) is 42.0 Å². The third-order valence-electron chi connectivity index (χ3n) is 8.03. The molecule has 0 bridgehead atoms. The number of Topliss-reactive ketones (excluding diaryl/α,β-unsaturated/α-hetero) is 1. The van der Waals surface area contributed by atoms with Gasteiger partial charge in [0, 0.05) is 67.7 Å². The number of non-ortho nitro benzene ring substituents is 1. The van der Waals surface area contributed by atoms with Crippen LogP contribution in [0.3, 0.4) is 0 Å². The maximum atomic E-state index is 13.1. The largest absolute Gasteiger partial charge is 0.336 e. The number of benzene rings is 3. The van der Waals surface area contributed by atoms with E-state index in [9.17, 15) is 19.7 Å². The van der Waals surface area contributed by atoms with E-state index in [2.05, 4.69) is 9.30 Å². The summed E-state index contributed by atoms with van der Waals surface area (Å²) in [5.74, 6) is 0.0637. The molecule has 6 rings (SSSR count). The standard InChI is InChI=1S/C34H31N5O4/c1-23-3-5-28(6-4-23)34(41)37-19-17-36(18-20-37)22-31-33(27-11-14-30(15-12-27)39(42)43)35-32-16-13-29(21-38(31)32)26-9-7-25(8-10-26)24(2)40/h3-16,21H,17-20,22H2,1-2H3. The van der Waals surface area contributed by atoms with Crippen LogP contribution in [0, 0.1) is 17.0 Å². The Bertz CT molecular complexity index is 1820. The van der Waals surface area contributed by atoms with E-state index in [4.69, 9.17) is 4.98 Å². The zero-order valence-electron chi connectivity index (χ0n) is 24.1. The Kier molecular flexibility index (Phi) is 7.56. The van der Waals surface area contributed by atoms with E-state index in [1.54, 1.807) is 19.1 Å². The lowest BCUT2D eigenvalue weighted by atomic mass is 10.0. The number of pyridine rings is 1. The summed E-state index contributed by atoms with van der Waals surface area (Å²) in [6, 6.07) is 25.7. The number of aromatic nitrogens is 2. The number of hydrogen-bond donors (Lipinski definition) is 0. The second-order valence-electron chi connectivity index (χ2n) is 10.9. The van der Waals surface area contributed by atoms with Crippen molar-refractivity contribution in [2.45, 2.75) is 20.4 Å². The zero-order valence-corrected chi connectivity index (χ0v) is 24.1. The van der Waals surface area contributed by atoms with Gasteiger partial charge in [-0.05, 0) is 61.4 Å². The number of imidazole rings is 1. The molecule has 9 heteroatoms. The van der Waals surface area contributed by atoms with Gasteiger partial charge < -0.3 is 9.30 Å². The third kappa shape index (κ3) is 5.80. The van der Waals surface area contributed by atoms with Gasteiger partial charge in [0.25, 0.3) is 11.6 Å². The molecular formula is C34H31N5O4. The van der Waals surface area contributed by atoms with Crippen LogP contribution in [0.25, 0.3) is 28.0 Å². The van der Waals surface area contributed by atoms with Crippen molar-refractivity contribution < 1.29 is 14.5 Å². The van der Waals surface area contributed by atoms with Crippen LogP contribution in [-0.4, -0.2) is 62.0 Å². The minimum atomic E-state index is -0.407. The van der Waals surface area contributed by atoms with Crippen LogP contribution in [-0.2, 0) is 6.54 Å². The number of amides is 1. The van der Waals surface area contributed by atoms with Gasteiger partial charge in [-0.2, -0.15) is 0 Å².